The SMILES string of the molecule is C=C(/C=C\C(=NC)OC1CC(NC(C)(C)C)C1)OC(C)(C)C. The summed E-state index contributed by atoms with van der Waals surface area (Å²) in [7, 11) is 1.73. The summed E-state index contributed by atoms with van der Waals surface area (Å²) in [5.41, 5.74) is -0.0924. The Hall–Kier alpha value is -1.29. The first-order valence-corrected chi connectivity index (χ1v) is 7.95. The van der Waals surface area contributed by atoms with Gasteiger partial charge in [-0.1, -0.05) is 6.58 Å². The van der Waals surface area contributed by atoms with Crippen molar-refractivity contribution in [2.75, 3.05) is 7.05 Å². The van der Waals surface area contributed by atoms with Crippen LogP contribution >= 0.6 is 0 Å². The molecule has 0 aromatic heterocycles. The number of hydrogen-bond acceptors (Lipinski definition) is 4. The summed E-state index contributed by atoms with van der Waals surface area (Å²) in [6.07, 6.45) is 5.89. The Bertz CT molecular complexity index is 433. The van der Waals surface area contributed by atoms with Crippen molar-refractivity contribution < 1.29 is 9.47 Å². The van der Waals surface area contributed by atoms with Crippen molar-refractivity contribution in [3.05, 3.63) is 24.5 Å². The van der Waals surface area contributed by atoms with Gasteiger partial charge >= 0.3 is 0 Å². The number of hydrogen-bond donors (Lipinski definition) is 1. The molecule has 0 atom stereocenters. The van der Waals surface area contributed by atoms with E-state index in [0.29, 0.717) is 17.7 Å². The van der Waals surface area contributed by atoms with Crippen molar-refractivity contribution in [3.63, 3.8) is 0 Å². The predicted octanol–water partition coefficient (Wildman–Crippen LogP) is 3.84. The second-order valence-electron chi connectivity index (χ2n) is 7.88. The van der Waals surface area contributed by atoms with Gasteiger partial charge in [-0.05, 0) is 60.5 Å². The van der Waals surface area contributed by atoms with E-state index in [-0.39, 0.29) is 17.2 Å². The maximum Gasteiger partial charge on any atom is 0.208 e. The van der Waals surface area contributed by atoms with Crippen LogP contribution in [-0.4, -0.2) is 36.2 Å². The van der Waals surface area contributed by atoms with Crippen LogP contribution in [-0.2, 0) is 9.47 Å². The normalized spacial score (nSPS) is 23.3. The van der Waals surface area contributed by atoms with E-state index >= 15 is 0 Å². The van der Waals surface area contributed by atoms with Crippen molar-refractivity contribution in [1.29, 1.82) is 0 Å². The second kappa shape index (κ2) is 7.32. The fourth-order valence-corrected chi connectivity index (χ4v) is 2.32. The Balaban J connectivity index is 2.38. The smallest absolute Gasteiger partial charge is 0.208 e. The molecular weight excluding hydrogens is 276 g/mol. The van der Waals surface area contributed by atoms with E-state index in [1.165, 1.54) is 0 Å². The number of nitrogens with one attached hydrogen (secondary N) is 1. The summed E-state index contributed by atoms with van der Waals surface area (Å²) in [4.78, 5) is 4.17. The topological polar surface area (TPSA) is 42.8 Å². The van der Waals surface area contributed by atoms with Crippen LogP contribution < -0.4 is 5.32 Å². The minimum atomic E-state index is -0.244. The van der Waals surface area contributed by atoms with Gasteiger partial charge in [0, 0.05) is 24.7 Å². The Morgan fingerprint density at radius 3 is 2.18 bits per heavy atom. The Morgan fingerprint density at radius 1 is 1.14 bits per heavy atom. The predicted molar refractivity (Wildman–Crippen MR) is 93.3 cm³/mol. The fraction of sp³-hybridized carbons (Fsp3) is 0.722. The third kappa shape index (κ3) is 7.64. The molecule has 0 aliphatic heterocycles. The molecule has 0 amide bonds. The lowest BCUT2D eigenvalue weighted by atomic mass is 9.87. The zero-order valence-corrected chi connectivity index (χ0v) is 15.2. The van der Waals surface area contributed by atoms with Crippen molar-refractivity contribution in [3.8, 4) is 0 Å². The van der Waals surface area contributed by atoms with Gasteiger partial charge in [-0.15, -0.1) is 0 Å². The maximum absolute atomic E-state index is 5.89. The molecule has 1 rings (SSSR count). The number of ether oxygens (including phenoxy) is 2. The average Bonchev–Trinajstić information content (AvgIpc) is 2.26. The van der Waals surface area contributed by atoms with Gasteiger partial charge in [0.1, 0.15) is 17.5 Å². The lowest BCUT2D eigenvalue weighted by molar-refractivity contribution is 0.0597. The van der Waals surface area contributed by atoms with Gasteiger partial charge in [-0.2, -0.15) is 0 Å². The van der Waals surface area contributed by atoms with Crippen LogP contribution in [0.4, 0.5) is 0 Å². The Morgan fingerprint density at radius 2 is 1.73 bits per heavy atom. The molecule has 0 bridgehead atoms. The molecule has 0 aromatic carbocycles. The minimum Gasteiger partial charge on any atom is -0.489 e. The average molecular weight is 308 g/mol. The first-order valence-electron chi connectivity index (χ1n) is 7.95. The first kappa shape index (κ1) is 18.8. The van der Waals surface area contributed by atoms with Gasteiger partial charge in [0.15, 0.2) is 0 Å². The van der Waals surface area contributed by atoms with E-state index in [1.54, 1.807) is 13.1 Å². The summed E-state index contributed by atoms with van der Waals surface area (Å²) in [5.74, 6) is 1.23. The summed E-state index contributed by atoms with van der Waals surface area (Å²) >= 11 is 0. The van der Waals surface area contributed by atoms with Gasteiger partial charge in [0.2, 0.25) is 5.90 Å². The van der Waals surface area contributed by atoms with Gasteiger partial charge in [-0.3, -0.25) is 4.99 Å². The molecule has 4 nitrogen and oxygen atoms in total. The monoisotopic (exact) mass is 308 g/mol. The largest absolute Gasteiger partial charge is 0.489 e. The lowest BCUT2D eigenvalue weighted by Gasteiger charge is -2.39. The van der Waals surface area contributed by atoms with Crippen LogP contribution in [0.2, 0.25) is 0 Å². The van der Waals surface area contributed by atoms with Crippen LogP contribution in [0.1, 0.15) is 54.4 Å². The third-order valence-corrected chi connectivity index (χ3v) is 3.09. The molecule has 1 aliphatic carbocycles. The number of nitrogens with zero attached hydrogens (tertiary/aromatic N) is 1. The van der Waals surface area contributed by atoms with Crippen molar-refractivity contribution in [1.82, 2.24) is 5.32 Å². The summed E-state index contributed by atoms with van der Waals surface area (Å²) in [6, 6.07) is 0.534. The first-order chi connectivity index (χ1) is 9.98. The highest BCUT2D eigenvalue weighted by Gasteiger charge is 2.33. The molecule has 0 heterocycles. The van der Waals surface area contributed by atoms with Gasteiger partial charge in [0.05, 0.1) is 0 Å². The molecular formula is C18H32N2O2. The van der Waals surface area contributed by atoms with Crippen LogP contribution in [0, 0.1) is 0 Å². The Labute approximate surface area is 135 Å². The van der Waals surface area contributed by atoms with Crippen LogP contribution in [0.5, 0.6) is 0 Å². The molecule has 1 N–H and O–H groups in total. The fourth-order valence-electron chi connectivity index (χ4n) is 2.32. The molecule has 0 radical (unpaired) electrons. The zero-order chi connectivity index (χ0) is 17.0. The molecule has 1 fully saturated rings. The zero-order valence-electron chi connectivity index (χ0n) is 15.2. The number of allylic oxidation sites excluding steroid dienone is 1. The maximum atomic E-state index is 5.89. The summed E-state index contributed by atoms with van der Waals surface area (Å²) in [6.45, 7) is 16.4. The van der Waals surface area contributed by atoms with Gasteiger partial charge in [0.25, 0.3) is 0 Å². The van der Waals surface area contributed by atoms with E-state index in [0.717, 1.165) is 12.8 Å². The van der Waals surface area contributed by atoms with Crippen LogP contribution in [0.3, 0.4) is 0 Å². The van der Waals surface area contributed by atoms with Crippen molar-refractivity contribution >= 4 is 5.90 Å². The van der Waals surface area contributed by atoms with E-state index in [1.807, 2.05) is 26.8 Å². The van der Waals surface area contributed by atoms with Crippen molar-refractivity contribution in [2.45, 2.75) is 77.7 Å². The number of rotatable bonds is 5. The molecule has 0 spiro atoms. The van der Waals surface area contributed by atoms with E-state index < -0.39 is 0 Å². The Kier molecular flexibility index (Phi) is 6.24. The summed E-state index contributed by atoms with van der Waals surface area (Å²) in [5, 5.41) is 3.58. The lowest BCUT2D eigenvalue weighted by Crippen LogP contribution is -2.52. The van der Waals surface area contributed by atoms with Gasteiger partial charge < -0.3 is 14.8 Å². The molecule has 126 valence electrons. The minimum absolute atomic E-state index is 0.152. The van der Waals surface area contributed by atoms with Gasteiger partial charge in [-0.25, -0.2) is 0 Å². The van der Waals surface area contributed by atoms with Crippen molar-refractivity contribution in [2.24, 2.45) is 4.99 Å². The molecule has 1 saturated carbocycles. The number of aliphatic imine (C=N–C) groups is 1. The van der Waals surface area contributed by atoms with E-state index in [4.69, 9.17) is 9.47 Å². The second-order valence-corrected chi connectivity index (χ2v) is 7.88. The van der Waals surface area contributed by atoms with E-state index in [2.05, 4.69) is 37.7 Å². The highest BCUT2D eigenvalue weighted by molar-refractivity contribution is 5.88. The summed E-state index contributed by atoms with van der Waals surface area (Å²) < 4.78 is 11.5. The van der Waals surface area contributed by atoms with E-state index in [9.17, 15) is 0 Å². The molecule has 0 unspecified atom stereocenters. The standard InChI is InChI=1S/C18H32N2O2/c1-13(22-18(5,6)7)9-10-16(19-8)21-15-11-14(12-15)20-17(2,3)4/h9-10,14-15,20H,1,11-12H2,2-8H3/b10-9-,19-16?. The quantitative estimate of drug-likeness (QED) is 0.363. The third-order valence-electron chi connectivity index (χ3n) is 3.09. The molecule has 0 saturated heterocycles. The molecule has 4 heteroatoms. The molecule has 22 heavy (non-hydrogen) atoms. The van der Waals surface area contributed by atoms with Crippen LogP contribution in [0.25, 0.3) is 0 Å². The highest BCUT2D eigenvalue weighted by atomic mass is 16.5. The van der Waals surface area contributed by atoms with Crippen LogP contribution in [0.15, 0.2) is 29.5 Å². The highest BCUT2D eigenvalue weighted by Crippen LogP contribution is 2.25. The molecule has 0 aromatic rings. The molecule has 1 aliphatic rings.